The summed E-state index contributed by atoms with van der Waals surface area (Å²) in [4.78, 5) is 12.0. The molecule has 2 saturated heterocycles. The van der Waals surface area contributed by atoms with Gasteiger partial charge in [-0.15, -0.1) is 0 Å². The Kier molecular flexibility index (Phi) is 5.22. The van der Waals surface area contributed by atoms with Crippen molar-refractivity contribution in [3.05, 3.63) is 65.2 Å². The summed E-state index contributed by atoms with van der Waals surface area (Å²) in [6.07, 6.45) is -1.83. The minimum absolute atomic E-state index is 0.211. The van der Waals surface area contributed by atoms with Gasteiger partial charge in [0.25, 0.3) is 6.01 Å². The fourth-order valence-corrected chi connectivity index (χ4v) is 4.63. The number of ether oxygens (including phenoxy) is 3. The highest BCUT2D eigenvalue weighted by Crippen LogP contribution is 2.33. The zero-order valence-electron chi connectivity index (χ0n) is 17.5. The van der Waals surface area contributed by atoms with Crippen molar-refractivity contribution in [3.8, 4) is 28.4 Å². The van der Waals surface area contributed by atoms with Crippen molar-refractivity contribution in [1.29, 1.82) is 0 Å². The summed E-state index contributed by atoms with van der Waals surface area (Å²) >= 11 is 6.49. The van der Waals surface area contributed by atoms with Crippen LogP contribution in [0.1, 0.15) is 0 Å². The Bertz CT molecular complexity index is 1380. The summed E-state index contributed by atoms with van der Waals surface area (Å²) in [5.41, 5.74) is 3.12. The molecule has 0 amide bonds. The average Bonchev–Trinajstić information content (AvgIpc) is 3.50. The van der Waals surface area contributed by atoms with Gasteiger partial charge in [-0.25, -0.2) is 13.8 Å². The lowest BCUT2D eigenvalue weighted by atomic mass is 10.0. The van der Waals surface area contributed by atoms with Gasteiger partial charge in [-0.1, -0.05) is 35.9 Å². The zero-order valence-corrected chi connectivity index (χ0v) is 18.3. The van der Waals surface area contributed by atoms with Crippen LogP contribution in [0.2, 0.25) is 5.02 Å². The molecule has 2 aliphatic heterocycles. The Morgan fingerprint density at radius 1 is 0.971 bits per heavy atom. The number of aromatic amines is 1. The summed E-state index contributed by atoms with van der Waals surface area (Å²) in [6.45, 7) is 0.492. The summed E-state index contributed by atoms with van der Waals surface area (Å²) < 4.78 is 44.4. The monoisotopic (exact) mass is 485 g/mol. The molecule has 7 nitrogen and oxygen atoms in total. The first kappa shape index (κ1) is 21.4. The Morgan fingerprint density at radius 3 is 2.53 bits per heavy atom. The summed E-state index contributed by atoms with van der Waals surface area (Å²) in [7, 11) is 0. The number of halogens is 3. The number of aliphatic hydroxyl groups excluding tert-OH is 1. The predicted octanol–water partition coefficient (Wildman–Crippen LogP) is 4.13. The highest BCUT2D eigenvalue weighted by Gasteiger charge is 2.48. The van der Waals surface area contributed by atoms with Gasteiger partial charge in [0.05, 0.1) is 29.4 Å². The molecule has 2 fully saturated rings. The molecular weight excluding hydrogens is 468 g/mol. The van der Waals surface area contributed by atoms with Gasteiger partial charge in [0, 0.05) is 17.2 Å². The van der Waals surface area contributed by atoms with E-state index in [1.165, 1.54) is 12.1 Å². The van der Waals surface area contributed by atoms with Gasteiger partial charge in [-0.2, -0.15) is 4.98 Å². The minimum Gasteiger partial charge on any atom is -0.456 e. The van der Waals surface area contributed by atoms with Crippen LogP contribution >= 0.6 is 11.6 Å². The first-order valence-corrected chi connectivity index (χ1v) is 11.0. The second-order valence-electron chi connectivity index (χ2n) is 8.25. The SMILES string of the molecule is O[C@@H]1CO[C@H]2[C@@H]1OC[C@H]2Oc1nc2nc(-c3ccc(-c4ccc(F)cc4F)cc3)c(Cl)cc2[nH]1. The van der Waals surface area contributed by atoms with Crippen LogP contribution in [-0.2, 0) is 9.47 Å². The van der Waals surface area contributed by atoms with E-state index in [4.69, 9.17) is 25.8 Å². The summed E-state index contributed by atoms with van der Waals surface area (Å²) in [6, 6.07) is 12.4. The van der Waals surface area contributed by atoms with Gasteiger partial charge in [0.15, 0.2) is 11.8 Å². The third-order valence-electron chi connectivity index (χ3n) is 6.05. The first-order chi connectivity index (χ1) is 16.5. The van der Waals surface area contributed by atoms with E-state index in [1.54, 1.807) is 30.3 Å². The smallest absolute Gasteiger partial charge is 0.296 e. The lowest BCUT2D eigenvalue weighted by molar-refractivity contribution is 0.00706. The lowest BCUT2D eigenvalue weighted by Gasteiger charge is -2.15. The molecule has 2 aromatic heterocycles. The van der Waals surface area contributed by atoms with Crippen LogP contribution in [0, 0.1) is 11.6 Å². The second-order valence-corrected chi connectivity index (χ2v) is 8.66. The summed E-state index contributed by atoms with van der Waals surface area (Å²) in [5, 5.41) is 10.3. The van der Waals surface area contributed by atoms with Crippen LogP contribution in [0.4, 0.5) is 8.78 Å². The maximum absolute atomic E-state index is 14.1. The van der Waals surface area contributed by atoms with Crippen LogP contribution in [0.15, 0.2) is 48.5 Å². The molecule has 0 radical (unpaired) electrons. The molecule has 0 saturated carbocycles. The van der Waals surface area contributed by atoms with Crippen molar-refractivity contribution in [2.45, 2.75) is 24.4 Å². The number of pyridine rings is 1. The standard InChI is InChI=1S/C24H18ClF2N3O4/c25-15-8-17-23(30-24(28-17)34-19-10-33-21-18(31)9-32-22(19)21)29-20(15)12-3-1-11(2-4-12)14-6-5-13(26)7-16(14)27/h1-8,18-19,21-22,31H,9-10H2,(H,28,29,30)/t18-,19-,21-,22-/m1/s1. The Labute approximate surface area is 197 Å². The number of nitrogens with zero attached hydrogens (tertiary/aromatic N) is 2. The molecule has 0 aliphatic carbocycles. The molecule has 2 aliphatic rings. The Hall–Kier alpha value is -3.11. The molecule has 4 heterocycles. The maximum Gasteiger partial charge on any atom is 0.296 e. The molecule has 0 unspecified atom stereocenters. The molecule has 4 atom stereocenters. The number of hydrogen-bond acceptors (Lipinski definition) is 6. The van der Waals surface area contributed by atoms with Gasteiger partial charge in [0.1, 0.15) is 29.9 Å². The highest BCUT2D eigenvalue weighted by molar-refractivity contribution is 6.33. The van der Waals surface area contributed by atoms with E-state index in [1.807, 2.05) is 0 Å². The molecular formula is C24H18ClF2N3O4. The van der Waals surface area contributed by atoms with Crippen molar-refractivity contribution >= 4 is 22.8 Å². The van der Waals surface area contributed by atoms with Gasteiger partial charge < -0.3 is 24.3 Å². The largest absolute Gasteiger partial charge is 0.456 e. The maximum atomic E-state index is 14.1. The number of imidazole rings is 1. The van der Waals surface area contributed by atoms with E-state index in [-0.39, 0.29) is 25.3 Å². The van der Waals surface area contributed by atoms with Crippen molar-refractivity contribution in [2.24, 2.45) is 0 Å². The second kappa shape index (κ2) is 8.28. The number of fused-ring (bicyclic) bond motifs is 2. The lowest BCUT2D eigenvalue weighted by Crippen LogP contribution is -2.34. The van der Waals surface area contributed by atoms with E-state index in [0.29, 0.717) is 38.6 Å². The third-order valence-corrected chi connectivity index (χ3v) is 6.34. The number of benzene rings is 2. The molecule has 10 heteroatoms. The zero-order chi connectivity index (χ0) is 23.4. The number of aliphatic hydroxyl groups is 1. The quantitative estimate of drug-likeness (QED) is 0.452. The fraction of sp³-hybridized carbons (Fsp3) is 0.250. The van der Waals surface area contributed by atoms with Crippen LogP contribution in [0.5, 0.6) is 6.01 Å². The molecule has 34 heavy (non-hydrogen) atoms. The number of nitrogens with one attached hydrogen (secondary N) is 1. The number of H-pyrrole nitrogens is 1. The van der Waals surface area contributed by atoms with Gasteiger partial charge in [-0.3, -0.25) is 0 Å². The molecule has 0 spiro atoms. The fourth-order valence-electron chi connectivity index (χ4n) is 4.37. The molecule has 6 rings (SSSR count). The van der Waals surface area contributed by atoms with Gasteiger partial charge in [-0.05, 0) is 23.8 Å². The van der Waals surface area contributed by atoms with Crippen molar-refractivity contribution < 1.29 is 28.1 Å². The topological polar surface area (TPSA) is 89.5 Å². The predicted molar refractivity (Wildman–Crippen MR) is 120 cm³/mol. The van der Waals surface area contributed by atoms with E-state index in [0.717, 1.165) is 6.07 Å². The average molecular weight is 486 g/mol. The van der Waals surface area contributed by atoms with Crippen LogP contribution in [0.3, 0.4) is 0 Å². The number of aromatic nitrogens is 3. The van der Waals surface area contributed by atoms with Crippen molar-refractivity contribution in [1.82, 2.24) is 15.0 Å². The number of rotatable bonds is 4. The van der Waals surface area contributed by atoms with E-state index < -0.39 is 29.9 Å². The Morgan fingerprint density at radius 2 is 1.74 bits per heavy atom. The number of hydrogen-bond donors (Lipinski definition) is 2. The van der Waals surface area contributed by atoms with E-state index in [2.05, 4.69) is 15.0 Å². The normalized spacial score (nSPS) is 24.0. The van der Waals surface area contributed by atoms with Crippen LogP contribution in [0.25, 0.3) is 33.5 Å². The first-order valence-electron chi connectivity index (χ1n) is 10.7. The Balaban J connectivity index is 1.26. The molecule has 174 valence electrons. The minimum atomic E-state index is -0.664. The molecule has 2 N–H and O–H groups in total. The third kappa shape index (κ3) is 3.70. The highest BCUT2D eigenvalue weighted by atomic mass is 35.5. The van der Waals surface area contributed by atoms with Gasteiger partial charge in [0.2, 0.25) is 0 Å². The van der Waals surface area contributed by atoms with E-state index in [9.17, 15) is 13.9 Å². The van der Waals surface area contributed by atoms with Crippen molar-refractivity contribution in [3.63, 3.8) is 0 Å². The molecule has 0 bridgehead atoms. The summed E-state index contributed by atoms with van der Waals surface area (Å²) in [5.74, 6) is -1.26. The molecule has 2 aromatic carbocycles. The van der Waals surface area contributed by atoms with Crippen LogP contribution in [-0.4, -0.2) is 57.7 Å². The molecule has 4 aromatic rings. The van der Waals surface area contributed by atoms with Crippen molar-refractivity contribution in [2.75, 3.05) is 13.2 Å². The van der Waals surface area contributed by atoms with Gasteiger partial charge >= 0.3 is 0 Å². The van der Waals surface area contributed by atoms with E-state index >= 15 is 0 Å². The van der Waals surface area contributed by atoms with Crippen LogP contribution < -0.4 is 4.74 Å².